The van der Waals surface area contributed by atoms with Gasteiger partial charge in [0.25, 0.3) is 5.91 Å². The maximum absolute atomic E-state index is 14.3. The van der Waals surface area contributed by atoms with Gasteiger partial charge in [-0.2, -0.15) is 5.10 Å². The van der Waals surface area contributed by atoms with Gasteiger partial charge in [0.05, 0.1) is 4.88 Å². The zero-order valence-electron chi connectivity index (χ0n) is 16.6. The van der Waals surface area contributed by atoms with Crippen molar-refractivity contribution in [1.29, 1.82) is 0 Å². The molecule has 0 bridgehead atoms. The highest BCUT2D eigenvalue weighted by Gasteiger charge is 2.25. The number of hydrogen-bond acceptors (Lipinski definition) is 4. The minimum absolute atomic E-state index is 0.0309. The van der Waals surface area contributed by atoms with Crippen LogP contribution >= 0.6 is 11.3 Å². The summed E-state index contributed by atoms with van der Waals surface area (Å²) in [6.07, 6.45) is 0. The third-order valence-corrected chi connectivity index (χ3v) is 6.73. The van der Waals surface area contributed by atoms with E-state index in [9.17, 15) is 9.18 Å². The summed E-state index contributed by atoms with van der Waals surface area (Å²) < 4.78 is 16.0. The smallest absolute Gasteiger partial charge is 0.264 e. The average molecular weight is 421 g/mol. The lowest BCUT2D eigenvalue weighted by atomic mass is 10.1. The largest absolute Gasteiger partial charge is 0.368 e. The number of carbonyl (C=O) groups excluding carboxylic acids is 1. The highest BCUT2D eigenvalue weighted by atomic mass is 32.1. The number of rotatable bonds is 3. The van der Waals surface area contributed by atoms with Gasteiger partial charge in [-0.3, -0.25) is 9.48 Å². The molecule has 7 heteroatoms. The molecule has 4 aromatic rings. The Morgan fingerprint density at radius 1 is 1.00 bits per heavy atom. The standard InChI is InChI=1S/C23H21FN4OS/c1-26-23-18(21(25-26)17-9-5-6-10-19(17)24)15-20(30-23)22(29)28-13-11-27(12-14-28)16-7-3-2-4-8-16/h2-10,15H,11-14H2,1H3. The summed E-state index contributed by atoms with van der Waals surface area (Å²) >= 11 is 1.42. The number of aromatic nitrogens is 2. The van der Waals surface area contributed by atoms with Gasteiger partial charge in [-0.1, -0.05) is 30.3 Å². The molecule has 0 radical (unpaired) electrons. The summed E-state index contributed by atoms with van der Waals surface area (Å²) in [6, 6.07) is 18.7. The van der Waals surface area contributed by atoms with E-state index in [1.165, 1.54) is 23.1 Å². The third-order valence-electron chi connectivity index (χ3n) is 5.54. The molecule has 3 heterocycles. The molecule has 30 heavy (non-hydrogen) atoms. The molecule has 1 saturated heterocycles. The molecular weight excluding hydrogens is 399 g/mol. The maximum Gasteiger partial charge on any atom is 0.264 e. The molecule has 1 aliphatic rings. The molecule has 1 aliphatic heterocycles. The first-order valence-corrected chi connectivity index (χ1v) is 10.7. The Morgan fingerprint density at radius 2 is 1.70 bits per heavy atom. The zero-order valence-corrected chi connectivity index (χ0v) is 17.4. The molecule has 0 N–H and O–H groups in total. The lowest BCUT2D eigenvalue weighted by molar-refractivity contribution is 0.0751. The van der Waals surface area contributed by atoms with Gasteiger partial charge < -0.3 is 9.80 Å². The van der Waals surface area contributed by atoms with E-state index in [2.05, 4.69) is 22.1 Å². The molecule has 0 unspecified atom stereocenters. The first-order chi connectivity index (χ1) is 14.6. The number of nitrogens with zero attached hydrogens (tertiary/aromatic N) is 4. The minimum Gasteiger partial charge on any atom is -0.368 e. The summed E-state index contributed by atoms with van der Waals surface area (Å²) in [5.41, 5.74) is 2.22. The number of anilines is 1. The fourth-order valence-electron chi connectivity index (χ4n) is 3.96. The second-order valence-electron chi connectivity index (χ2n) is 7.40. The summed E-state index contributed by atoms with van der Waals surface area (Å²) in [7, 11) is 1.83. The third kappa shape index (κ3) is 3.25. The number of amides is 1. The first kappa shape index (κ1) is 18.8. The normalized spacial score (nSPS) is 14.5. The molecule has 0 atom stereocenters. The lowest BCUT2D eigenvalue weighted by Crippen LogP contribution is -2.48. The van der Waals surface area contributed by atoms with Crippen LogP contribution < -0.4 is 4.90 Å². The molecule has 0 saturated carbocycles. The number of hydrogen-bond donors (Lipinski definition) is 0. The number of thiophene rings is 1. The lowest BCUT2D eigenvalue weighted by Gasteiger charge is -2.35. The van der Waals surface area contributed by atoms with Crippen LogP contribution in [0, 0.1) is 5.82 Å². The second-order valence-corrected chi connectivity index (χ2v) is 8.43. The van der Waals surface area contributed by atoms with E-state index >= 15 is 0 Å². The van der Waals surface area contributed by atoms with Crippen LogP contribution in [-0.4, -0.2) is 46.8 Å². The summed E-state index contributed by atoms with van der Waals surface area (Å²) in [5, 5.41) is 5.31. The van der Waals surface area contributed by atoms with Crippen LogP contribution in [0.4, 0.5) is 10.1 Å². The van der Waals surface area contributed by atoms with Gasteiger partial charge in [0.2, 0.25) is 0 Å². The van der Waals surface area contributed by atoms with Crippen molar-refractivity contribution >= 4 is 33.1 Å². The SMILES string of the molecule is Cn1nc(-c2ccccc2F)c2cc(C(=O)N3CCN(c4ccccc4)CC3)sc21. The van der Waals surface area contributed by atoms with E-state index < -0.39 is 0 Å². The fraction of sp³-hybridized carbons (Fsp3) is 0.217. The molecule has 152 valence electrons. The number of fused-ring (bicyclic) bond motifs is 1. The average Bonchev–Trinajstić information content (AvgIpc) is 3.35. The Bertz CT molecular complexity index is 1210. The molecule has 5 rings (SSSR count). The molecule has 2 aromatic carbocycles. The Balaban J connectivity index is 1.39. The molecule has 5 nitrogen and oxygen atoms in total. The van der Waals surface area contributed by atoms with Crippen LogP contribution in [0.2, 0.25) is 0 Å². The van der Waals surface area contributed by atoms with Crippen molar-refractivity contribution in [3.8, 4) is 11.3 Å². The van der Waals surface area contributed by atoms with Crippen molar-refractivity contribution in [2.75, 3.05) is 31.1 Å². The highest BCUT2D eigenvalue weighted by Crippen LogP contribution is 2.35. The van der Waals surface area contributed by atoms with Crippen molar-refractivity contribution < 1.29 is 9.18 Å². The zero-order chi connectivity index (χ0) is 20.7. The van der Waals surface area contributed by atoms with Crippen LogP contribution in [0.15, 0.2) is 60.7 Å². The molecule has 0 aliphatic carbocycles. The van der Waals surface area contributed by atoms with Crippen molar-refractivity contribution in [3.05, 3.63) is 71.4 Å². The molecule has 1 fully saturated rings. The van der Waals surface area contributed by atoms with Crippen LogP contribution in [-0.2, 0) is 7.05 Å². The topological polar surface area (TPSA) is 41.4 Å². The fourth-order valence-corrected chi connectivity index (χ4v) is 5.00. The van der Waals surface area contributed by atoms with E-state index in [-0.39, 0.29) is 11.7 Å². The monoisotopic (exact) mass is 420 g/mol. The highest BCUT2D eigenvalue weighted by molar-refractivity contribution is 7.20. The van der Waals surface area contributed by atoms with Crippen molar-refractivity contribution in [1.82, 2.24) is 14.7 Å². The van der Waals surface area contributed by atoms with E-state index in [4.69, 9.17) is 0 Å². The molecular formula is C23H21FN4OS. The van der Waals surface area contributed by atoms with Gasteiger partial charge in [0.1, 0.15) is 16.3 Å². The number of aryl methyl sites for hydroxylation is 1. The van der Waals surface area contributed by atoms with Crippen molar-refractivity contribution in [2.24, 2.45) is 7.05 Å². The Hall–Kier alpha value is -3.19. The summed E-state index contributed by atoms with van der Waals surface area (Å²) in [6.45, 7) is 2.98. The van der Waals surface area contributed by atoms with Crippen molar-refractivity contribution in [2.45, 2.75) is 0 Å². The molecule has 2 aromatic heterocycles. The number of halogens is 1. The van der Waals surface area contributed by atoms with Crippen LogP contribution in [0.3, 0.4) is 0 Å². The Morgan fingerprint density at radius 3 is 2.43 bits per heavy atom. The molecule has 0 spiro atoms. The van der Waals surface area contributed by atoms with Crippen molar-refractivity contribution in [3.63, 3.8) is 0 Å². The van der Waals surface area contributed by atoms with Gasteiger partial charge in [0.15, 0.2) is 0 Å². The van der Waals surface area contributed by atoms with E-state index in [1.807, 2.05) is 36.2 Å². The Kier molecular flexibility index (Phi) is 4.75. The predicted octanol–water partition coefficient (Wildman–Crippen LogP) is 4.40. The molecule has 1 amide bonds. The second kappa shape index (κ2) is 7.57. The van der Waals surface area contributed by atoms with E-state index in [0.717, 1.165) is 23.3 Å². The predicted molar refractivity (Wildman–Crippen MR) is 119 cm³/mol. The quantitative estimate of drug-likeness (QED) is 0.493. The maximum atomic E-state index is 14.3. The van der Waals surface area contributed by atoms with E-state index in [1.54, 1.807) is 22.9 Å². The summed E-state index contributed by atoms with van der Waals surface area (Å²) in [5.74, 6) is -0.281. The van der Waals surface area contributed by atoms with Gasteiger partial charge in [-0.15, -0.1) is 11.3 Å². The van der Waals surface area contributed by atoms with Gasteiger partial charge in [-0.05, 0) is 30.3 Å². The van der Waals surface area contributed by atoms with Gasteiger partial charge in [0, 0.05) is 49.9 Å². The number of carbonyl (C=O) groups is 1. The van der Waals surface area contributed by atoms with Crippen LogP contribution in [0.1, 0.15) is 9.67 Å². The van der Waals surface area contributed by atoms with E-state index in [0.29, 0.717) is 29.2 Å². The van der Waals surface area contributed by atoms with Gasteiger partial charge >= 0.3 is 0 Å². The van der Waals surface area contributed by atoms with Gasteiger partial charge in [-0.25, -0.2) is 4.39 Å². The Labute approximate surface area is 178 Å². The number of piperazine rings is 1. The van der Waals surface area contributed by atoms with Crippen LogP contribution in [0.25, 0.3) is 21.5 Å². The summed E-state index contributed by atoms with van der Waals surface area (Å²) in [4.78, 5) is 18.9. The minimum atomic E-state index is -0.311. The number of para-hydroxylation sites is 1. The number of benzene rings is 2. The first-order valence-electron chi connectivity index (χ1n) is 9.92. The van der Waals surface area contributed by atoms with Crippen LogP contribution in [0.5, 0.6) is 0 Å².